The zero-order valence-electron chi connectivity index (χ0n) is 14.4. The normalized spacial score (nSPS) is 10.7. The monoisotopic (exact) mass is 415 g/mol. The number of aryl methyl sites for hydroxylation is 2. The number of rotatable bonds is 6. The number of carbonyl (C=O) groups is 1. The van der Waals surface area contributed by atoms with Gasteiger partial charge in [0.15, 0.2) is 0 Å². The van der Waals surface area contributed by atoms with Crippen molar-refractivity contribution >= 4 is 21.8 Å². The summed E-state index contributed by atoms with van der Waals surface area (Å²) in [6.07, 6.45) is 3.62. The summed E-state index contributed by atoms with van der Waals surface area (Å²) in [6, 6.07) is 14.1. The van der Waals surface area contributed by atoms with Gasteiger partial charge in [0.25, 0.3) is 5.91 Å². The van der Waals surface area contributed by atoms with Gasteiger partial charge in [0.2, 0.25) is 0 Å². The van der Waals surface area contributed by atoms with E-state index in [-0.39, 0.29) is 5.91 Å². The molecule has 0 saturated carbocycles. The van der Waals surface area contributed by atoms with Gasteiger partial charge in [-0.3, -0.25) is 4.79 Å². The van der Waals surface area contributed by atoms with Crippen molar-refractivity contribution in [3.05, 3.63) is 81.8 Å². The first-order valence-electron chi connectivity index (χ1n) is 8.38. The van der Waals surface area contributed by atoms with E-state index in [9.17, 15) is 9.18 Å². The van der Waals surface area contributed by atoms with Crippen LogP contribution >= 0.6 is 15.9 Å². The maximum absolute atomic E-state index is 13.4. The summed E-state index contributed by atoms with van der Waals surface area (Å²) in [7, 11) is 0. The van der Waals surface area contributed by atoms with Crippen LogP contribution in [0.15, 0.2) is 59.2 Å². The molecule has 3 aromatic rings. The van der Waals surface area contributed by atoms with Crippen molar-refractivity contribution in [2.45, 2.75) is 19.8 Å². The van der Waals surface area contributed by atoms with Crippen LogP contribution < -0.4 is 5.32 Å². The molecule has 26 heavy (non-hydrogen) atoms. The molecule has 2 aromatic carbocycles. The highest BCUT2D eigenvalue weighted by Crippen LogP contribution is 2.15. The molecular formula is C20H19BrFN3O. The molecule has 6 heteroatoms. The Bertz CT molecular complexity index is 888. The Balaban J connectivity index is 1.54. The van der Waals surface area contributed by atoms with Gasteiger partial charge in [-0.2, -0.15) is 5.10 Å². The van der Waals surface area contributed by atoms with E-state index in [1.807, 2.05) is 48.1 Å². The first kappa shape index (κ1) is 18.3. The maximum atomic E-state index is 13.4. The number of aromatic nitrogens is 2. The number of benzene rings is 2. The number of amides is 1. The van der Waals surface area contributed by atoms with E-state index in [0.29, 0.717) is 16.6 Å². The average Bonchev–Trinajstić information content (AvgIpc) is 2.99. The molecule has 0 saturated heterocycles. The lowest BCUT2D eigenvalue weighted by atomic mass is 10.1. The van der Waals surface area contributed by atoms with Crippen LogP contribution in [0.5, 0.6) is 0 Å². The van der Waals surface area contributed by atoms with Gasteiger partial charge < -0.3 is 5.32 Å². The van der Waals surface area contributed by atoms with E-state index in [1.165, 1.54) is 12.1 Å². The highest BCUT2D eigenvalue weighted by Gasteiger charge is 2.09. The Morgan fingerprint density at radius 2 is 2.00 bits per heavy atom. The fraction of sp³-hybridized carbons (Fsp3) is 0.200. The van der Waals surface area contributed by atoms with Crippen molar-refractivity contribution < 1.29 is 9.18 Å². The number of nitrogens with one attached hydrogen (secondary N) is 1. The van der Waals surface area contributed by atoms with E-state index in [0.717, 1.165) is 29.8 Å². The molecule has 0 aliphatic heterocycles. The second-order valence-corrected chi connectivity index (χ2v) is 6.95. The summed E-state index contributed by atoms with van der Waals surface area (Å²) >= 11 is 3.19. The first-order chi connectivity index (χ1) is 12.5. The quantitative estimate of drug-likeness (QED) is 0.604. The molecular weight excluding hydrogens is 397 g/mol. The predicted octanol–water partition coefficient (Wildman–Crippen LogP) is 4.44. The molecule has 1 heterocycles. The van der Waals surface area contributed by atoms with E-state index >= 15 is 0 Å². The van der Waals surface area contributed by atoms with E-state index in [2.05, 4.69) is 26.3 Å². The largest absolute Gasteiger partial charge is 0.352 e. The fourth-order valence-electron chi connectivity index (χ4n) is 2.72. The minimum Gasteiger partial charge on any atom is -0.352 e. The van der Waals surface area contributed by atoms with Gasteiger partial charge in [0.1, 0.15) is 5.82 Å². The maximum Gasteiger partial charge on any atom is 0.251 e. The molecule has 0 atom stereocenters. The van der Waals surface area contributed by atoms with Gasteiger partial charge in [-0.05, 0) is 55.7 Å². The van der Waals surface area contributed by atoms with Gasteiger partial charge in [-0.15, -0.1) is 0 Å². The van der Waals surface area contributed by atoms with Crippen molar-refractivity contribution in [2.24, 2.45) is 0 Å². The summed E-state index contributed by atoms with van der Waals surface area (Å²) in [5.41, 5.74) is 3.46. The Kier molecular flexibility index (Phi) is 5.83. The first-order valence-corrected chi connectivity index (χ1v) is 9.17. The molecule has 134 valence electrons. The highest BCUT2D eigenvalue weighted by molar-refractivity contribution is 9.10. The van der Waals surface area contributed by atoms with Crippen LogP contribution in [0.2, 0.25) is 0 Å². The molecule has 4 nitrogen and oxygen atoms in total. The minimum atomic E-state index is -0.437. The molecule has 0 aliphatic carbocycles. The molecule has 1 N–H and O–H groups in total. The summed E-state index contributed by atoms with van der Waals surface area (Å²) in [5, 5.41) is 7.37. The number of carbonyl (C=O) groups excluding carboxylic acids is 1. The molecule has 1 aromatic heterocycles. The van der Waals surface area contributed by atoms with Gasteiger partial charge in [-0.1, -0.05) is 34.1 Å². The fourth-order valence-corrected chi connectivity index (χ4v) is 3.19. The van der Waals surface area contributed by atoms with E-state index in [4.69, 9.17) is 0 Å². The van der Waals surface area contributed by atoms with Crippen LogP contribution in [0.4, 0.5) is 4.39 Å². The van der Waals surface area contributed by atoms with Crippen molar-refractivity contribution in [2.75, 3.05) is 6.54 Å². The number of para-hydroxylation sites is 1. The topological polar surface area (TPSA) is 46.9 Å². The number of hydrogen-bond acceptors (Lipinski definition) is 2. The van der Waals surface area contributed by atoms with Gasteiger partial charge in [0.05, 0.1) is 11.4 Å². The Labute approximate surface area is 160 Å². The average molecular weight is 416 g/mol. The lowest BCUT2D eigenvalue weighted by Crippen LogP contribution is -2.24. The zero-order chi connectivity index (χ0) is 18.5. The lowest BCUT2D eigenvalue weighted by molar-refractivity contribution is 0.0952. The lowest BCUT2D eigenvalue weighted by Gasteiger charge is -2.06. The Morgan fingerprint density at radius 3 is 2.73 bits per heavy atom. The number of nitrogens with zero attached hydrogens (tertiary/aromatic N) is 2. The summed E-state index contributed by atoms with van der Waals surface area (Å²) < 4.78 is 15.8. The third-order valence-corrected chi connectivity index (χ3v) is 4.51. The molecule has 1 amide bonds. The number of halogens is 2. The van der Waals surface area contributed by atoms with Crippen molar-refractivity contribution in [1.82, 2.24) is 15.1 Å². The SMILES string of the molecule is Cc1nn(-c2ccccc2)cc1CCCNC(=O)c1cc(F)cc(Br)c1. The van der Waals surface area contributed by atoms with Crippen LogP contribution in [0, 0.1) is 12.7 Å². The van der Waals surface area contributed by atoms with Crippen molar-refractivity contribution in [3.8, 4) is 5.69 Å². The predicted molar refractivity (Wildman–Crippen MR) is 103 cm³/mol. The third-order valence-electron chi connectivity index (χ3n) is 4.05. The van der Waals surface area contributed by atoms with Crippen molar-refractivity contribution in [3.63, 3.8) is 0 Å². The third kappa shape index (κ3) is 4.58. The van der Waals surface area contributed by atoms with Crippen molar-refractivity contribution in [1.29, 1.82) is 0 Å². The van der Waals surface area contributed by atoms with Crippen LogP contribution in [-0.2, 0) is 6.42 Å². The number of hydrogen-bond donors (Lipinski definition) is 1. The van der Waals surface area contributed by atoms with Crippen LogP contribution in [0.3, 0.4) is 0 Å². The molecule has 3 rings (SSSR count). The molecule has 0 fully saturated rings. The van der Waals surface area contributed by atoms with Crippen LogP contribution in [0.1, 0.15) is 28.0 Å². The standard InChI is InChI=1S/C20H19BrFN3O/c1-14-15(13-25(24-14)19-7-3-2-4-8-19)6-5-9-23-20(26)16-10-17(21)12-18(22)11-16/h2-4,7-8,10-13H,5-6,9H2,1H3,(H,23,26). The smallest absolute Gasteiger partial charge is 0.251 e. The van der Waals surface area contributed by atoms with Crippen LogP contribution in [0.25, 0.3) is 5.69 Å². The minimum absolute atomic E-state index is 0.276. The second-order valence-electron chi connectivity index (χ2n) is 6.04. The molecule has 0 unspecified atom stereocenters. The van der Waals surface area contributed by atoms with E-state index in [1.54, 1.807) is 6.07 Å². The van der Waals surface area contributed by atoms with Crippen LogP contribution in [-0.4, -0.2) is 22.2 Å². The molecule has 0 aliphatic rings. The molecule has 0 radical (unpaired) electrons. The van der Waals surface area contributed by atoms with Gasteiger partial charge in [0, 0.05) is 22.8 Å². The molecule has 0 spiro atoms. The second kappa shape index (κ2) is 8.27. The molecule has 0 bridgehead atoms. The van der Waals surface area contributed by atoms with Gasteiger partial charge in [-0.25, -0.2) is 9.07 Å². The Morgan fingerprint density at radius 1 is 1.23 bits per heavy atom. The van der Waals surface area contributed by atoms with Gasteiger partial charge >= 0.3 is 0 Å². The highest BCUT2D eigenvalue weighted by atomic mass is 79.9. The zero-order valence-corrected chi connectivity index (χ0v) is 16.0. The van der Waals surface area contributed by atoms with E-state index < -0.39 is 5.82 Å². The Hall–Kier alpha value is -2.47. The summed E-state index contributed by atoms with van der Waals surface area (Å²) in [5.74, 6) is -0.713. The summed E-state index contributed by atoms with van der Waals surface area (Å²) in [6.45, 7) is 2.50. The summed E-state index contributed by atoms with van der Waals surface area (Å²) in [4.78, 5) is 12.1.